The lowest BCUT2D eigenvalue weighted by molar-refractivity contribution is -0.125. The maximum Gasteiger partial charge on any atom is 0.236 e. The van der Waals surface area contributed by atoms with Gasteiger partial charge in [-0.05, 0) is 44.0 Å². The molecule has 210 valence electrons. The number of carbonyl (C=O) groups is 2. The highest BCUT2D eigenvalue weighted by molar-refractivity contribution is 6.10. The van der Waals surface area contributed by atoms with Crippen molar-refractivity contribution in [1.29, 1.82) is 0 Å². The summed E-state index contributed by atoms with van der Waals surface area (Å²) in [5, 5.41) is 2.79. The predicted octanol–water partition coefficient (Wildman–Crippen LogP) is 4.41. The lowest BCUT2D eigenvalue weighted by Crippen LogP contribution is -2.32. The van der Waals surface area contributed by atoms with Crippen LogP contribution in [-0.2, 0) is 35.0 Å². The van der Waals surface area contributed by atoms with E-state index < -0.39 is 5.91 Å². The van der Waals surface area contributed by atoms with Crippen molar-refractivity contribution in [2.24, 2.45) is 0 Å². The Bertz CT molecular complexity index is 1150. The van der Waals surface area contributed by atoms with Gasteiger partial charge in [0, 0.05) is 18.3 Å². The van der Waals surface area contributed by atoms with Crippen LogP contribution in [-0.4, -0.2) is 58.4 Å². The summed E-state index contributed by atoms with van der Waals surface area (Å²) in [6.07, 6.45) is 0.459. The Morgan fingerprint density at radius 2 is 1.56 bits per heavy atom. The van der Waals surface area contributed by atoms with Gasteiger partial charge in [0.15, 0.2) is 13.6 Å². The first-order chi connectivity index (χ1) is 18.8. The zero-order valence-electron chi connectivity index (χ0n) is 22.5. The number of amides is 2. The molecule has 0 aromatic heterocycles. The molecular weight excluding hydrogens is 504 g/mol. The number of benzene rings is 2. The third-order valence-electron chi connectivity index (χ3n) is 5.48. The molecule has 2 amide bonds. The van der Waals surface area contributed by atoms with E-state index >= 15 is 0 Å². The first kappa shape index (κ1) is 29.5. The van der Waals surface area contributed by atoms with E-state index in [0.29, 0.717) is 41.9 Å². The Morgan fingerprint density at radius 3 is 2.26 bits per heavy atom. The average Bonchev–Trinajstić information content (AvgIpc) is 3.33. The summed E-state index contributed by atoms with van der Waals surface area (Å²) in [5.41, 5.74) is 2.32. The van der Waals surface area contributed by atoms with Crippen LogP contribution in [0.2, 0.25) is 0 Å². The van der Waals surface area contributed by atoms with E-state index in [0.717, 1.165) is 17.7 Å². The molecule has 0 atom stereocenters. The Kier molecular flexibility index (Phi) is 11.7. The summed E-state index contributed by atoms with van der Waals surface area (Å²) in [7, 11) is 0. The molecule has 2 aromatic rings. The average molecular weight is 541 g/mol. The summed E-state index contributed by atoms with van der Waals surface area (Å²) in [6.45, 7) is 12.5. The van der Waals surface area contributed by atoms with E-state index in [1.165, 1.54) is 0 Å². The molecule has 0 fully saturated rings. The Hall–Kier alpha value is -4.02. The molecule has 0 saturated heterocycles. The fourth-order valence-corrected chi connectivity index (χ4v) is 3.68. The van der Waals surface area contributed by atoms with Crippen molar-refractivity contribution >= 4 is 23.2 Å². The number of allylic oxidation sites excluding steroid dienone is 2. The van der Waals surface area contributed by atoms with Gasteiger partial charge in [0.2, 0.25) is 11.8 Å². The fraction of sp³-hybridized carbons (Fsp3) is 0.379. The van der Waals surface area contributed by atoms with Crippen molar-refractivity contribution < 1.29 is 38.0 Å². The van der Waals surface area contributed by atoms with Crippen LogP contribution in [0.25, 0.3) is 0 Å². The molecular formula is C29H36N2O8. The van der Waals surface area contributed by atoms with Gasteiger partial charge in [-0.1, -0.05) is 31.4 Å². The zero-order valence-corrected chi connectivity index (χ0v) is 22.5. The minimum atomic E-state index is -0.460. The number of ether oxygens (including phenoxy) is 6. The third-order valence-corrected chi connectivity index (χ3v) is 5.48. The number of hydrogen-bond acceptors (Lipinski definition) is 8. The van der Waals surface area contributed by atoms with Crippen LogP contribution in [0.5, 0.6) is 11.5 Å². The number of nitrogens with one attached hydrogen (secondary N) is 1. The van der Waals surface area contributed by atoms with Gasteiger partial charge < -0.3 is 38.6 Å². The molecule has 0 bridgehead atoms. The van der Waals surface area contributed by atoms with Crippen molar-refractivity contribution in [2.75, 3.05) is 56.8 Å². The number of rotatable bonds is 17. The van der Waals surface area contributed by atoms with Crippen molar-refractivity contribution in [2.45, 2.75) is 26.7 Å². The molecule has 0 aliphatic carbocycles. The normalized spacial score (nSPS) is 11.9. The van der Waals surface area contributed by atoms with Crippen LogP contribution in [0, 0.1) is 0 Å². The first-order valence-electron chi connectivity index (χ1n) is 12.6. The topological polar surface area (TPSA) is 105 Å². The lowest BCUT2D eigenvalue weighted by atomic mass is 10.2. The molecule has 1 aliphatic heterocycles. The molecule has 3 rings (SSSR count). The molecule has 1 N–H and O–H groups in total. The zero-order chi connectivity index (χ0) is 28.0. The van der Waals surface area contributed by atoms with Crippen LogP contribution >= 0.6 is 0 Å². The van der Waals surface area contributed by atoms with Gasteiger partial charge in [0.05, 0.1) is 30.4 Å². The number of carbonyl (C=O) groups excluding carboxylic acids is 2. The number of anilines is 2. The van der Waals surface area contributed by atoms with Gasteiger partial charge in [0.25, 0.3) is 0 Å². The molecule has 0 saturated carbocycles. The molecule has 39 heavy (non-hydrogen) atoms. The monoisotopic (exact) mass is 540 g/mol. The van der Waals surface area contributed by atoms with Gasteiger partial charge in [0.1, 0.15) is 31.1 Å². The fourth-order valence-electron chi connectivity index (χ4n) is 3.68. The lowest BCUT2D eigenvalue weighted by Gasteiger charge is -2.18. The SMILES string of the molecule is C=C(C)OCOCCOc1ccc(OCCOCOC(=C)C)c(NC(=O)CC(=O)N2CCc3ccccc32)c1. The second-order valence-corrected chi connectivity index (χ2v) is 8.75. The molecule has 1 aliphatic rings. The van der Waals surface area contributed by atoms with Gasteiger partial charge in [-0.15, -0.1) is 0 Å². The van der Waals surface area contributed by atoms with E-state index in [-0.39, 0.29) is 45.7 Å². The predicted molar refractivity (Wildman–Crippen MR) is 147 cm³/mol. The molecule has 0 unspecified atom stereocenters. The minimum absolute atomic E-state index is 0.0658. The smallest absolute Gasteiger partial charge is 0.236 e. The summed E-state index contributed by atoms with van der Waals surface area (Å²) in [4.78, 5) is 27.4. The molecule has 1 heterocycles. The number of fused-ring (bicyclic) bond motifs is 1. The molecule has 0 spiro atoms. The Morgan fingerprint density at radius 1 is 0.897 bits per heavy atom. The van der Waals surface area contributed by atoms with Crippen LogP contribution < -0.4 is 19.7 Å². The maximum absolute atomic E-state index is 12.9. The summed E-state index contributed by atoms with van der Waals surface area (Å²) in [6, 6.07) is 12.7. The highest BCUT2D eigenvalue weighted by Gasteiger charge is 2.26. The maximum atomic E-state index is 12.9. The van der Waals surface area contributed by atoms with Crippen molar-refractivity contribution in [3.05, 3.63) is 72.7 Å². The first-order valence-corrected chi connectivity index (χ1v) is 12.6. The van der Waals surface area contributed by atoms with Crippen LogP contribution in [0.4, 0.5) is 11.4 Å². The van der Waals surface area contributed by atoms with Crippen LogP contribution in [0.3, 0.4) is 0 Å². The molecule has 0 radical (unpaired) electrons. The molecule has 2 aromatic carbocycles. The van der Waals surface area contributed by atoms with Crippen LogP contribution in [0.15, 0.2) is 67.1 Å². The van der Waals surface area contributed by atoms with Crippen molar-refractivity contribution in [3.63, 3.8) is 0 Å². The third kappa shape index (κ3) is 9.99. The highest BCUT2D eigenvalue weighted by Crippen LogP contribution is 2.31. The highest BCUT2D eigenvalue weighted by atomic mass is 16.7. The summed E-state index contributed by atoms with van der Waals surface area (Å²) < 4.78 is 32.5. The quantitative estimate of drug-likeness (QED) is 0.136. The number of nitrogens with zero attached hydrogens (tertiary/aromatic N) is 1. The summed E-state index contributed by atoms with van der Waals surface area (Å²) >= 11 is 0. The molecule has 10 heteroatoms. The van der Waals surface area contributed by atoms with Gasteiger partial charge in [-0.2, -0.15) is 0 Å². The van der Waals surface area contributed by atoms with E-state index in [9.17, 15) is 9.59 Å². The van der Waals surface area contributed by atoms with Gasteiger partial charge in [-0.3, -0.25) is 9.59 Å². The standard InChI is InChI=1S/C29H36N2O8/c1-21(2)38-19-34-13-15-36-24-9-10-27(37-16-14-35-20-39-22(3)4)25(17-24)30-28(32)18-29(33)31-12-11-23-7-5-6-8-26(23)31/h5-10,17H,1,3,11-16,18-20H2,2,4H3,(H,30,32). The molecule has 10 nitrogen and oxygen atoms in total. The van der Waals surface area contributed by atoms with E-state index in [4.69, 9.17) is 28.4 Å². The van der Waals surface area contributed by atoms with Crippen LogP contribution in [0.1, 0.15) is 25.8 Å². The minimum Gasteiger partial charge on any atom is -0.491 e. The Labute approximate surface area is 229 Å². The van der Waals surface area contributed by atoms with Gasteiger partial charge >= 0.3 is 0 Å². The number of para-hydroxylation sites is 1. The number of hydrogen-bond donors (Lipinski definition) is 1. The second kappa shape index (κ2) is 15.4. The van der Waals surface area contributed by atoms with Gasteiger partial charge in [-0.25, -0.2) is 0 Å². The van der Waals surface area contributed by atoms with Crippen molar-refractivity contribution in [3.8, 4) is 11.5 Å². The van der Waals surface area contributed by atoms with E-state index in [2.05, 4.69) is 18.5 Å². The largest absolute Gasteiger partial charge is 0.491 e. The second-order valence-electron chi connectivity index (χ2n) is 8.75. The van der Waals surface area contributed by atoms with E-state index in [1.807, 2.05) is 24.3 Å². The Balaban J connectivity index is 1.58. The summed E-state index contributed by atoms with van der Waals surface area (Å²) in [5.74, 6) is 1.29. The van der Waals surface area contributed by atoms with Crippen molar-refractivity contribution in [1.82, 2.24) is 0 Å². The van der Waals surface area contributed by atoms with E-state index in [1.54, 1.807) is 36.9 Å².